The molecule has 132 valence electrons. The summed E-state index contributed by atoms with van der Waals surface area (Å²) in [6, 6.07) is 3.46. The van der Waals surface area contributed by atoms with Gasteiger partial charge in [0, 0.05) is 43.9 Å². The van der Waals surface area contributed by atoms with Gasteiger partial charge in [-0.05, 0) is 13.0 Å². The van der Waals surface area contributed by atoms with Crippen molar-refractivity contribution in [3.63, 3.8) is 0 Å². The molecular weight excluding hydrogens is 338 g/mol. The van der Waals surface area contributed by atoms with Crippen molar-refractivity contribution in [2.75, 3.05) is 24.7 Å². The topological polar surface area (TPSA) is 71.3 Å². The van der Waals surface area contributed by atoms with E-state index in [9.17, 15) is 9.59 Å². The zero-order valence-electron chi connectivity index (χ0n) is 14.3. The zero-order chi connectivity index (χ0) is 17.8. The summed E-state index contributed by atoms with van der Waals surface area (Å²) < 4.78 is 1.91. The third kappa shape index (κ3) is 3.68. The molecule has 1 unspecified atom stereocenters. The molecule has 1 aliphatic heterocycles. The second-order valence-electron chi connectivity index (χ2n) is 5.83. The Morgan fingerprint density at radius 1 is 1.44 bits per heavy atom. The molecule has 0 aliphatic carbocycles. The van der Waals surface area contributed by atoms with Gasteiger partial charge in [-0.3, -0.25) is 14.6 Å². The van der Waals surface area contributed by atoms with E-state index in [1.807, 2.05) is 36.9 Å². The molecule has 1 fully saturated rings. The Hall–Kier alpha value is -2.35. The number of carbonyl (C=O) groups is 2. The molecule has 2 amide bonds. The third-order valence-electron chi connectivity index (χ3n) is 4.23. The van der Waals surface area contributed by atoms with Crippen LogP contribution in [0.3, 0.4) is 0 Å². The number of thioether (sulfide) groups is 1. The minimum Gasteiger partial charge on any atom is -0.336 e. The van der Waals surface area contributed by atoms with Crippen molar-refractivity contribution in [2.24, 2.45) is 7.05 Å². The maximum atomic E-state index is 13.0. The van der Waals surface area contributed by atoms with Crippen LogP contribution in [-0.2, 0) is 16.6 Å². The number of imidazole rings is 1. The van der Waals surface area contributed by atoms with E-state index >= 15 is 0 Å². The predicted octanol–water partition coefficient (Wildman–Crippen LogP) is 1.29. The number of nitrogens with zero attached hydrogens (tertiary/aromatic N) is 5. The summed E-state index contributed by atoms with van der Waals surface area (Å²) in [5.41, 5.74) is 0.897. The molecule has 1 atom stereocenters. The summed E-state index contributed by atoms with van der Waals surface area (Å²) in [7, 11) is 1.91. The van der Waals surface area contributed by atoms with Crippen molar-refractivity contribution < 1.29 is 9.59 Å². The van der Waals surface area contributed by atoms with E-state index in [0.29, 0.717) is 18.2 Å². The Morgan fingerprint density at radius 3 is 2.84 bits per heavy atom. The molecule has 2 aromatic heterocycles. The highest BCUT2D eigenvalue weighted by atomic mass is 32.2. The van der Waals surface area contributed by atoms with E-state index in [4.69, 9.17) is 0 Å². The summed E-state index contributed by atoms with van der Waals surface area (Å²) in [4.78, 5) is 36.8. The second-order valence-corrected chi connectivity index (χ2v) is 6.79. The van der Waals surface area contributed by atoms with Crippen LogP contribution < -0.4 is 0 Å². The van der Waals surface area contributed by atoms with Gasteiger partial charge < -0.3 is 14.4 Å². The SMILES string of the molecule is CCN(C(=O)CN1CSCC1=O)C(c1cccnc1)c1nccn1C. The standard InChI is InChI=1S/C17H21N5O2S/c1-3-22(14(23)10-21-12-25-11-15(21)24)16(13-5-4-6-18-9-13)17-19-7-8-20(17)2/h4-9,16H,3,10-12H2,1-2H3. The molecule has 0 spiro atoms. The van der Waals surface area contributed by atoms with E-state index in [1.54, 1.807) is 28.4 Å². The molecule has 0 N–H and O–H groups in total. The lowest BCUT2D eigenvalue weighted by molar-refractivity contribution is -0.139. The van der Waals surface area contributed by atoms with Crippen LogP contribution in [0.15, 0.2) is 36.9 Å². The van der Waals surface area contributed by atoms with Gasteiger partial charge in [-0.25, -0.2) is 4.98 Å². The fraction of sp³-hybridized carbons (Fsp3) is 0.412. The molecule has 0 bridgehead atoms. The first-order valence-electron chi connectivity index (χ1n) is 8.14. The van der Waals surface area contributed by atoms with Crippen LogP contribution in [0.25, 0.3) is 0 Å². The van der Waals surface area contributed by atoms with E-state index in [-0.39, 0.29) is 24.4 Å². The minimum absolute atomic E-state index is 0.0179. The van der Waals surface area contributed by atoms with Crippen LogP contribution >= 0.6 is 11.8 Å². The Morgan fingerprint density at radius 2 is 2.28 bits per heavy atom. The largest absolute Gasteiger partial charge is 0.336 e. The summed E-state index contributed by atoms with van der Waals surface area (Å²) in [6.07, 6.45) is 7.04. The van der Waals surface area contributed by atoms with Crippen molar-refractivity contribution >= 4 is 23.6 Å². The zero-order valence-corrected chi connectivity index (χ0v) is 15.1. The lowest BCUT2D eigenvalue weighted by Gasteiger charge is -2.32. The highest BCUT2D eigenvalue weighted by Gasteiger charge is 2.31. The van der Waals surface area contributed by atoms with Gasteiger partial charge in [-0.1, -0.05) is 6.07 Å². The van der Waals surface area contributed by atoms with Gasteiger partial charge in [0.1, 0.15) is 18.4 Å². The lowest BCUT2D eigenvalue weighted by atomic mass is 10.1. The van der Waals surface area contributed by atoms with E-state index in [2.05, 4.69) is 9.97 Å². The summed E-state index contributed by atoms with van der Waals surface area (Å²) in [5.74, 6) is 1.72. The smallest absolute Gasteiger partial charge is 0.243 e. The summed E-state index contributed by atoms with van der Waals surface area (Å²) >= 11 is 1.54. The number of pyridine rings is 1. The van der Waals surface area contributed by atoms with E-state index in [0.717, 1.165) is 11.4 Å². The Labute approximate surface area is 151 Å². The number of rotatable bonds is 6. The van der Waals surface area contributed by atoms with Crippen molar-refractivity contribution in [3.05, 3.63) is 48.3 Å². The van der Waals surface area contributed by atoms with Crippen LogP contribution in [-0.4, -0.2) is 60.9 Å². The third-order valence-corrected chi connectivity index (χ3v) is 5.17. The molecule has 2 aromatic rings. The van der Waals surface area contributed by atoms with Gasteiger partial charge in [-0.2, -0.15) is 0 Å². The lowest BCUT2D eigenvalue weighted by Crippen LogP contribution is -2.43. The molecule has 1 saturated heterocycles. The van der Waals surface area contributed by atoms with Crippen molar-refractivity contribution in [2.45, 2.75) is 13.0 Å². The fourth-order valence-corrected chi connectivity index (χ4v) is 3.85. The van der Waals surface area contributed by atoms with Crippen LogP contribution in [0.2, 0.25) is 0 Å². The highest BCUT2D eigenvalue weighted by Crippen LogP contribution is 2.27. The molecule has 0 aromatic carbocycles. The van der Waals surface area contributed by atoms with Gasteiger partial charge in [0.05, 0.1) is 11.6 Å². The first-order valence-corrected chi connectivity index (χ1v) is 9.29. The summed E-state index contributed by atoms with van der Waals surface area (Å²) in [6.45, 7) is 2.55. The van der Waals surface area contributed by atoms with Crippen molar-refractivity contribution in [3.8, 4) is 0 Å². The Balaban J connectivity index is 1.91. The molecule has 25 heavy (non-hydrogen) atoms. The number of likely N-dealkylation sites (N-methyl/N-ethyl adjacent to an activating group) is 1. The number of aromatic nitrogens is 3. The number of carbonyl (C=O) groups excluding carboxylic acids is 2. The van der Waals surface area contributed by atoms with Crippen molar-refractivity contribution in [1.29, 1.82) is 0 Å². The number of aryl methyl sites for hydroxylation is 1. The average Bonchev–Trinajstić information content (AvgIpc) is 3.22. The Bertz CT molecular complexity index is 749. The van der Waals surface area contributed by atoms with Crippen molar-refractivity contribution in [1.82, 2.24) is 24.3 Å². The van der Waals surface area contributed by atoms with Gasteiger partial charge >= 0.3 is 0 Å². The van der Waals surface area contributed by atoms with Crippen LogP contribution in [0.1, 0.15) is 24.4 Å². The molecule has 7 nitrogen and oxygen atoms in total. The fourth-order valence-electron chi connectivity index (χ4n) is 2.94. The Kier molecular flexibility index (Phi) is 5.37. The first-order chi connectivity index (χ1) is 12.1. The van der Waals surface area contributed by atoms with Gasteiger partial charge in [-0.15, -0.1) is 11.8 Å². The molecule has 8 heteroatoms. The first kappa shape index (κ1) is 17.5. The second kappa shape index (κ2) is 7.69. The molecule has 3 rings (SSSR count). The highest BCUT2D eigenvalue weighted by molar-refractivity contribution is 8.00. The summed E-state index contributed by atoms with van der Waals surface area (Å²) in [5, 5.41) is 0. The monoisotopic (exact) mass is 359 g/mol. The van der Waals surface area contributed by atoms with Crippen LogP contribution in [0, 0.1) is 0 Å². The normalized spacial score (nSPS) is 15.4. The maximum absolute atomic E-state index is 13.0. The maximum Gasteiger partial charge on any atom is 0.243 e. The van der Waals surface area contributed by atoms with Gasteiger partial charge in [0.25, 0.3) is 0 Å². The molecule has 1 aliphatic rings. The quantitative estimate of drug-likeness (QED) is 0.777. The number of hydrogen-bond acceptors (Lipinski definition) is 5. The molecule has 3 heterocycles. The van der Waals surface area contributed by atoms with Crippen LogP contribution in [0.4, 0.5) is 0 Å². The molecular formula is C17H21N5O2S. The van der Waals surface area contributed by atoms with E-state index < -0.39 is 0 Å². The predicted molar refractivity (Wildman–Crippen MR) is 95.7 cm³/mol. The van der Waals surface area contributed by atoms with E-state index in [1.165, 1.54) is 11.8 Å². The molecule has 0 saturated carbocycles. The minimum atomic E-state index is -0.337. The van der Waals surface area contributed by atoms with Crippen LogP contribution in [0.5, 0.6) is 0 Å². The number of hydrogen-bond donors (Lipinski definition) is 0. The average molecular weight is 359 g/mol. The number of amides is 2. The van der Waals surface area contributed by atoms with Gasteiger partial charge in [0.15, 0.2) is 0 Å². The van der Waals surface area contributed by atoms with Gasteiger partial charge in [0.2, 0.25) is 11.8 Å². The molecule has 0 radical (unpaired) electrons.